The monoisotopic (exact) mass is 244 g/mol. The summed E-state index contributed by atoms with van der Waals surface area (Å²) in [4.78, 5) is 0. The van der Waals surface area contributed by atoms with Crippen molar-refractivity contribution in [2.24, 2.45) is 0 Å². The Kier molecular flexibility index (Phi) is 3.54. The maximum absolute atomic E-state index is 12.9. The number of rotatable bonds is 3. The van der Waals surface area contributed by atoms with Gasteiger partial charge in [0, 0.05) is 6.54 Å². The van der Waals surface area contributed by atoms with Gasteiger partial charge in [-0.1, -0.05) is 12.1 Å². The fourth-order valence-electron chi connectivity index (χ4n) is 1.56. The van der Waals surface area contributed by atoms with Gasteiger partial charge in [0.25, 0.3) is 0 Å². The third-order valence-corrected chi connectivity index (χ3v) is 2.50. The average Bonchev–Trinajstić information content (AvgIpc) is 2.39. The predicted octanol–water partition coefficient (Wildman–Crippen LogP) is 3.45. The quantitative estimate of drug-likeness (QED) is 0.897. The normalized spacial score (nSPS) is 9.83. The number of anilines is 1. The van der Waals surface area contributed by atoms with Crippen LogP contribution in [0.4, 0.5) is 14.5 Å². The average molecular weight is 244 g/mol. The molecule has 0 aliphatic heterocycles. The zero-order valence-corrected chi connectivity index (χ0v) is 9.45. The molecule has 0 unspecified atom stereocenters. The molecule has 0 aromatic heterocycles. The third-order valence-electron chi connectivity index (χ3n) is 2.50. The zero-order chi connectivity index (χ0) is 13.0. The lowest BCUT2D eigenvalue weighted by Gasteiger charge is -2.08. The summed E-state index contributed by atoms with van der Waals surface area (Å²) in [5.41, 5.74) is 1.69. The molecule has 18 heavy (non-hydrogen) atoms. The molecule has 0 bridgehead atoms. The topological polar surface area (TPSA) is 35.8 Å². The number of nitrogens with zero attached hydrogens (tertiary/aromatic N) is 1. The summed E-state index contributed by atoms with van der Waals surface area (Å²) in [6.45, 7) is 0.445. The molecule has 0 saturated heterocycles. The number of nitriles is 1. The van der Waals surface area contributed by atoms with Gasteiger partial charge in [0.1, 0.15) is 17.7 Å². The highest BCUT2D eigenvalue weighted by atomic mass is 19.1. The summed E-state index contributed by atoms with van der Waals surface area (Å²) < 4.78 is 25.6. The van der Waals surface area contributed by atoms with E-state index in [0.29, 0.717) is 12.2 Å². The van der Waals surface area contributed by atoms with Crippen LogP contribution in [-0.4, -0.2) is 0 Å². The number of nitrogens with one attached hydrogen (secondary N) is 1. The van der Waals surface area contributed by atoms with E-state index in [0.717, 1.165) is 5.56 Å². The summed E-state index contributed by atoms with van der Waals surface area (Å²) in [6, 6.07) is 11.9. The van der Waals surface area contributed by atoms with E-state index in [-0.39, 0.29) is 11.4 Å². The highest BCUT2D eigenvalue weighted by Crippen LogP contribution is 2.17. The molecular weight excluding hydrogens is 234 g/mol. The maximum Gasteiger partial charge on any atom is 0.124 e. The Balaban J connectivity index is 2.11. The first kappa shape index (κ1) is 12.1. The lowest BCUT2D eigenvalue weighted by Crippen LogP contribution is -2.01. The second-order valence-corrected chi connectivity index (χ2v) is 3.78. The van der Waals surface area contributed by atoms with Crippen molar-refractivity contribution in [2.45, 2.75) is 6.54 Å². The second kappa shape index (κ2) is 5.28. The zero-order valence-electron chi connectivity index (χ0n) is 9.45. The van der Waals surface area contributed by atoms with Crippen LogP contribution in [0.5, 0.6) is 0 Å². The van der Waals surface area contributed by atoms with Crippen molar-refractivity contribution in [3.8, 4) is 6.07 Å². The van der Waals surface area contributed by atoms with Crippen molar-refractivity contribution < 1.29 is 8.78 Å². The van der Waals surface area contributed by atoms with Gasteiger partial charge in [0.15, 0.2) is 0 Å². The molecule has 0 heterocycles. The van der Waals surface area contributed by atoms with E-state index in [2.05, 4.69) is 5.32 Å². The summed E-state index contributed by atoms with van der Waals surface area (Å²) in [5, 5.41) is 11.9. The molecule has 2 rings (SSSR count). The molecule has 0 aliphatic rings. The van der Waals surface area contributed by atoms with Gasteiger partial charge >= 0.3 is 0 Å². The van der Waals surface area contributed by atoms with E-state index in [1.807, 2.05) is 6.07 Å². The first-order valence-corrected chi connectivity index (χ1v) is 5.37. The molecule has 2 aromatic rings. The Morgan fingerprint density at radius 1 is 1.00 bits per heavy atom. The summed E-state index contributed by atoms with van der Waals surface area (Å²) in [6.07, 6.45) is 0. The van der Waals surface area contributed by atoms with Crippen LogP contribution < -0.4 is 5.32 Å². The van der Waals surface area contributed by atoms with Crippen LogP contribution in [0.25, 0.3) is 0 Å². The lowest BCUT2D eigenvalue weighted by atomic mass is 10.1. The van der Waals surface area contributed by atoms with E-state index < -0.39 is 5.82 Å². The minimum atomic E-state index is -0.445. The number of benzene rings is 2. The smallest absolute Gasteiger partial charge is 0.124 e. The molecule has 0 atom stereocenters. The Labute approximate surface area is 103 Å². The third kappa shape index (κ3) is 2.83. The van der Waals surface area contributed by atoms with E-state index in [1.54, 1.807) is 12.1 Å². The Bertz CT molecular complexity index is 586. The molecule has 0 fully saturated rings. The summed E-state index contributed by atoms with van der Waals surface area (Å²) in [5.74, 6) is -0.739. The Morgan fingerprint density at radius 3 is 2.33 bits per heavy atom. The van der Waals surface area contributed by atoms with Gasteiger partial charge in [-0.3, -0.25) is 0 Å². The van der Waals surface area contributed by atoms with Crippen LogP contribution in [0, 0.1) is 23.0 Å². The van der Waals surface area contributed by atoms with Gasteiger partial charge < -0.3 is 5.32 Å². The summed E-state index contributed by atoms with van der Waals surface area (Å²) >= 11 is 0. The van der Waals surface area contributed by atoms with Gasteiger partial charge in [-0.05, 0) is 35.9 Å². The van der Waals surface area contributed by atoms with Gasteiger partial charge in [-0.15, -0.1) is 0 Å². The van der Waals surface area contributed by atoms with Crippen molar-refractivity contribution >= 4 is 5.69 Å². The maximum atomic E-state index is 12.9. The Morgan fingerprint density at radius 2 is 1.67 bits per heavy atom. The minimum Gasteiger partial charge on any atom is -0.380 e. The summed E-state index contributed by atoms with van der Waals surface area (Å²) in [7, 11) is 0. The number of hydrogen-bond donors (Lipinski definition) is 1. The fraction of sp³-hybridized carbons (Fsp3) is 0.0714. The van der Waals surface area contributed by atoms with E-state index in [1.165, 1.54) is 30.3 Å². The highest BCUT2D eigenvalue weighted by molar-refractivity contribution is 5.57. The molecule has 0 aliphatic carbocycles. The van der Waals surface area contributed by atoms with E-state index in [4.69, 9.17) is 5.26 Å². The van der Waals surface area contributed by atoms with Crippen LogP contribution >= 0.6 is 0 Å². The van der Waals surface area contributed by atoms with Crippen LogP contribution in [0.2, 0.25) is 0 Å². The lowest BCUT2D eigenvalue weighted by molar-refractivity contribution is 0.626. The van der Waals surface area contributed by atoms with E-state index in [9.17, 15) is 8.78 Å². The van der Waals surface area contributed by atoms with Crippen molar-refractivity contribution in [3.05, 3.63) is 65.2 Å². The molecule has 0 spiro atoms. The highest BCUT2D eigenvalue weighted by Gasteiger charge is 2.03. The van der Waals surface area contributed by atoms with E-state index >= 15 is 0 Å². The molecule has 1 N–H and O–H groups in total. The SMILES string of the molecule is N#Cc1cc(F)ccc1NCc1ccc(F)cc1. The van der Waals surface area contributed by atoms with Crippen molar-refractivity contribution in [1.29, 1.82) is 5.26 Å². The Hall–Kier alpha value is -2.41. The first-order valence-electron chi connectivity index (χ1n) is 5.37. The molecule has 0 saturated carbocycles. The van der Waals surface area contributed by atoms with Crippen molar-refractivity contribution in [2.75, 3.05) is 5.32 Å². The fourth-order valence-corrected chi connectivity index (χ4v) is 1.56. The molecule has 0 amide bonds. The van der Waals surface area contributed by atoms with Gasteiger partial charge in [-0.2, -0.15) is 5.26 Å². The van der Waals surface area contributed by atoms with Crippen LogP contribution in [0.1, 0.15) is 11.1 Å². The van der Waals surface area contributed by atoms with Gasteiger partial charge in [-0.25, -0.2) is 8.78 Å². The number of hydrogen-bond acceptors (Lipinski definition) is 2. The second-order valence-electron chi connectivity index (χ2n) is 3.78. The molecule has 0 radical (unpaired) electrons. The molecular formula is C14H10F2N2. The standard InChI is InChI=1S/C14H10F2N2/c15-12-3-1-10(2-4-12)9-18-14-6-5-13(16)7-11(14)8-17/h1-7,18H,9H2. The molecule has 2 aromatic carbocycles. The first-order chi connectivity index (χ1) is 8.69. The van der Waals surface area contributed by atoms with Gasteiger partial charge in [0.2, 0.25) is 0 Å². The van der Waals surface area contributed by atoms with Crippen LogP contribution in [0.15, 0.2) is 42.5 Å². The minimum absolute atomic E-state index is 0.247. The van der Waals surface area contributed by atoms with Gasteiger partial charge in [0.05, 0.1) is 11.3 Å². The molecule has 2 nitrogen and oxygen atoms in total. The largest absolute Gasteiger partial charge is 0.380 e. The molecule has 4 heteroatoms. The number of halogens is 2. The van der Waals surface area contributed by atoms with Crippen molar-refractivity contribution in [3.63, 3.8) is 0 Å². The van der Waals surface area contributed by atoms with Crippen LogP contribution in [0.3, 0.4) is 0 Å². The molecule has 90 valence electrons. The predicted molar refractivity (Wildman–Crippen MR) is 64.8 cm³/mol. The van der Waals surface area contributed by atoms with Crippen molar-refractivity contribution in [1.82, 2.24) is 0 Å². The van der Waals surface area contributed by atoms with Crippen LogP contribution in [-0.2, 0) is 6.54 Å².